The van der Waals surface area contributed by atoms with Crippen molar-refractivity contribution in [2.45, 2.75) is 20.8 Å². The zero-order valence-electron chi connectivity index (χ0n) is 13.2. The predicted molar refractivity (Wildman–Crippen MR) is 88.0 cm³/mol. The molecule has 0 amide bonds. The summed E-state index contributed by atoms with van der Waals surface area (Å²) in [6.45, 7) is 5.96. The van der Waals surface area contributed by atoms with Gasteiger partial charge in [0.25, 0.3) is 0 Å². The van der Waals surface area contributed by atoms with Crippen molar-refractivity contribution in [1.82, 2.24) is 15.0 Å². The van der Waals surface area contributed by atoms with E-state index in [4.69, 9.17) is 0 Å². The molecule has 1 N–H and O–H groups in total. The number of carboxylic acid groups (broad SMARTS) is 1. The molecule has 0 saturated carbocycles. The van der Waals surface area contributed by atoms with E-state index < -0.39 is 5.97 Å². The SMILES string of the molecule is Cc1cccc(-c2c(C(=O)O)nnn2-c2cc(C)cc(C)c2)c1. The Morgan fingerprint density at radius 3 is 2.30 bits per heavy atom. The van der Waals surface area contributed by atoms with Crippen molar-refractivity contribution < 1.29 is 9.90 Å². The van der Waals surface area contributed by atoms with Crippen molar-refractivity contribution in [3.8, 4) is 16.9 Å². The predicted octanol–water partition coefficient (Wildman–Crippen LogP) is 3.56. The van der Waals surface area contributed by atoms with Crippen molar-refractivity contribution in [3.05, 3.63) is 64.8 Å². The highest BCUT2D eigenvalue weighted by atomic mass is 16.4. The monoisotopic (exact) mass is 307 g/mol. The fourth-order valence-electron chi connectivity index (χ4n) is 2.73. The van der Waals surface area contributed by atoms with E-state index >= 15 is 0 Å². The van der Waals surface area contributed by atoms with Crippen molar-refractivity contribution in [2.24, 2.45) is 0 Å². The number of hydrogen-bond donors (Lipinski definition) is 1. The van der Waals surface area contributed by atoms with Crippen LogP contribution in [0.15, 0.2) is 42.5 Å². The standard InChI is InChI=1S/C18H17N3O2/c1-11-5-4-6-14(8-11)17-16(18(22)23)19-20-21(17)15-9-12(2)7-13(3)10-15/h4-10H,1-3H3,(H,22,23). The second kappa shape index (κ2) is 5.68. The van der Waals surface area contributed by atoms with Crippen LogP contribution in [-0.2, 0) is 0 Å². The number of rotatable bonds is 3. The Labute approximate surface area is 134 Å². The zero-order chi connectivity index (χ0) is 16.6. The number of hydrogen-bond acceptors (Lipinski definition) is 3. The van der Waals surface area contributed by atoms with Gasteiger partial charge in [-0.15, -0.1) is 5.10 Å². The van der Waals surface area contributed by atoms with Gasteiger partial charge >= 0.3 is 5.97 Å². The van der Waals surface area contributed by atoms with Gasteiger partial charge in [-0.1, -0.05) is 35.0 Å². The Kier molecular flexibility index (Phi) is 3.70. The summed E-state index contributed by atoms with van der Waals surface area (Å²) in [5, 5.41) is 17.4. The van der Waals surface area contributed by atoms with E-state index in [9.17, 15) is 9.90 Å². The first kappa shape index (κ1) is 15.0. The molecule has 0 unspecified atom stereocenters. The lowest BCUT2D eigenvalue weighted by Crippen LogP contribution is -2.04. The van der Waals surface area contributed by atoms with Crippen LogP contribution in [0.2, 0.25) is 0 Å². The van der Waals surface area contributed by atoms with Crippen molar-refractivity contribution >= 4 is 5.97 Å². The smallest absolute Gasteiger partial charge is 0.358 e. The summed E-state index contributed by atoms with van der Waals surface area (Å²) in [4.78, 5) is 11.5. The maximum absolute atomic E-state index is 11.5. The minimum Gasteiger partial charge on any atom is -0.476 e. The number of nitrogens with zero attached hydrogens (tertiary/aromatic N) is 3. The molecule has 23 heavy (non-hydrogen) atoms. The number of aryl methyl sites for hydroxylation is 3. The van der Waals surface area contributed by atoms with Gasteiger partial charge in [0.1, 0.15) is 5.69 Å². The highest BCUT2D eigenvalue weighted by Crippen LogP contribution is 2.27. The quantitative estimate of drug-likeness (QED) is 0.803. The summed E-state index contributed by atoms with van der Waals surface area (Å²) in [6, 6.07) is 13.7. The van der Waals surface area contributed by atoms with Gasteiger partial charge in [0.05, 0.1) is 5.69 Å². The third-order valence-electron chi connectivity index (χ3n) is 3.62. The Morgan fingerprint density at radius 1 is 1.00 bits per heavy atom. The topological polar surface area (TPSA) is 68.0 Å². The van der Waals surface area contributed by atoms with E-state index in [0.717, 1.165) is 27.9 Å². The van der Waals surface area contributed by atoms with Gasteiger partial charge in [0, 0.05) is 5.56 Å². The van der Waals surface area contributed by atoms with Gasteiger partial charge in [-0.05, 0) is 50.1 Å². The van der Waals surface area contributed by atoms with Gasteiger partial charge in [-0.3, -0.25) is 0 Å². The molecule has 116 valence electrons. The number of carboxylic acids is 1. The first-order chi connectivity index (χ1) is 11.0. The Balaban J connectivity index is 2.28. The highest BCUT2D eigenvalue weighted by molar-refractivity contribution is 5.93. The molecule has 0 bridgehead atoms. The maximum Gasteiger partial charge on any atom is 0.358 e. The molecule has 1 aromatic heterocycles. The molecule has 2 aromatic carbocycles. The van der Waals surface area contributed by atoms with Crippen molar-refractivity contribution in [1.29, 1.82) is 0 Å². The maximum atomic E-state index is 11.5. The molecular formula is C18H17N3O2. The summed E-state index contributed by atoms with van der Waals surface area (Å²) in [5.74, 6) is -1.09. The summed E-state index contributed by atoms with van der Waals surface area (Å²) < 4.78 is 1.60. The van der Waals surface area contributed by atoms with Gasteiger partial charge in [0.2, 0.25) is 0 Å². The molecule has 5 heteroatoms. The van der Waals surface area contributed by atoms with Crippen LogP contribution < -0.4 is 0 Å². The summed E-state index contributed by atoms with van der Waals surface area (Å²) in [7, 11) is 0. The molecular weight excluding hydrogens is 290 g/mol. The van der Waals surface area contributed by atoms with Crippen LogP contribution >= 0.6 is 0 Å². The molecule has 0 spiro atoms. The van der Waals surface area contributed by atoms with Gasteiger partial charge in [-0.2, -0.15) is 0 Å². The van der Waals surface area contributed by atoms with E-state index in [-0.39, 0.29) is 5.69 Å². The second-order valence-corrected chi connectivity index (χ2v) is 5.72. The van der Waals surface area contributed by atoms with Crippen LogP contribution in [0.1, 0.15) is 27.2 Å². The van der Waals surface area contributed by atoms with E-state index in [1.54, 1.807) is 4.68 Å². The lowest BCUT2D eigenvalue weighted by Gasteiger charge is -2.10. The number of benzene rings is 2. The highest BCUT2D eigenvalue weighted by Gasteiger charge is 2.21. The van der Waals surface area contributed by atoms with Crippen LogP contribution in [0.4, 0.5) is 0 Å². The van der Waals surface area contributed by atoms with E-state index in [0.29, 0.717) is 5.69 Å². The molecule has 1 heterocycles. The largest absolute Gasteiger partial charge is 0.476 e. The minimum absolute atomic E-state index is 0.0465. The van der Waals surface area contributed by atoms with Crippen LogP contribution in [0.25, 0.3) is 16.9 Å². The normalized spacial score (nSPS) is 10.7. The molecule has 0 atom stereocenters. The molecule has 3 aromatic rings. The molecule has 0 aliphatic carbocycles. The van der Waals surface area contributed by atoms with Gasteiger partial charge < -0.3 is 5.11 Å². The number of aromatic nitrogens is 3. The van der Waals surface area contributed by atoms with E-state index in [1.807, 2.05) is 57.2 Å². The number of aromatic carboxylic acids is 1. The Bertz CT molecular complexity index is 877. The summed E-state index contributed by atoms with van der Waals surface area (Å²) in [5.41, 5.74) is 5.25. The molecule has 0 radical (unpaired) electrons. The Morgan fingerprint density at radius 2 is 1.70 bits per heavy atom. The van der Waals surface area contributed by atoms with Gasteiger partial charge in [-0.25, -0.2) is 9.48 Å². The van der Waals surface area contributed by atoms with Crippen LogP contribution in [-0.4, -0.2) is 26.1 Å². The lowest BCUT2D eigenvalue weighted by molar-refractivity contribution is 0.0691. The summed E-state index contributed by atoms with van der Waals surface area (Å²) in [6.07, 6.45) is 0. The molecule has 0 aliphatic rings. The lowest BCUT2D eigenvalue weighted by atomic mass is 10.1. The van der Waals surface area contributed by atoms with Crippen LogP contribution in [0.3, 0.4) is 0 Å². The fourth-order valence-corrected chi connectivity index (χ4v) is 2.73. The molecule has 0 aliphatic heterocycles. The second-order valence-electron chi connectivity index (χ2n) is 5.72. The molecule has 0 saturated heterocycles. The van der Waals surface area contributed by atoms with Crippen molar-refractivity contribution in [2.75, 3.05) is 0 Å². The van der Waals surface area contributed by atoms with Gasteiger partial charge in [0.15, 0.2) is 5.69 Å². The first-order valence-corrected chi connectivity index (χ1v) is 7.30. The van der Waals surface area contributed by atoms with Crippen molar-refractivity contribution in [3.63, 3.8) is 0 Å². The molecule has 0 fully saturated rings. The molecule has 3 rings (SSSR count). The zero-order valence-corrected chi connectivity index (χ0v) is 13.2. The average molecular weight is 307 g/mol. The average Bonchev–Trinajstić information content (AvgIpc) is 2.91. The fraction of sp³-hybridized carbons (Fsp3) is 0.167. The summed E-state index contributed by atoms with van der Waals surface area (Å²) >= 11 is 0. The first-order valence-electron chi connectivity index (χ1n) is 7.30. The minimum atomic E-state index is -1.09. The molecule has 5 nitrogen and oxygen atoms in total. The van der Waals surface area contributed by atoms with E-state index in [2.05, 4.69) is 16.4 Å². The number of carbonyl (C=O) groups is 1. The third kappa shape index (κ3) is 2.85. The van der Waals surface area contributed by atoms with Crippen LogP contribution in [0, 0.1) is 20.8 Å². The third-order valence-corrected chi connectivity index (χ3v) is 3.62. The van der Waals surface area contributed by atoms with Crippen LogP contribution in [0.5, 0.6) is 0 Å². The Hall–Kier alpha value is -2.95. The van der Waals surface area contributed by atoms with E-state index in [1.165, 1.54) is 0 Å².